The average molecular weight is 295 g/mol. The number of nitrogens with one attached hydrogen (secondary N) is 1. The molecule has 6 nitrogen and oxygen atoms in total. The van der Waals surface area contributed by atoms with Gasteiger partial charge >= 0.3 is 5.97 Å². The van der Waals surface area contributed by atoms with Crippen molar-refractivity contribution >= 4 is 11.9 Å². The van der Waals surface area contributed by atoms with E-state index in [0.29, 0.717) is 24.5 Å². The molecule has 1 rings (SSSR count). The van der Waals surface area contributed by atoms with Gasteiger partial charge in [-0.1, -0.05) is 0 Å². The summed E-state index contributed by atoms with van der Waals surface area (Å²) in [5.74, 6) is 0.109. The Morgan fingerprint density at radius 1 is 1.19 bits per heavy atom. The van der Waals surface area contributed by atoms with Gasteiger partial charge in [-0.15, -0.1) is 0 Å². The van der Waals surface area contributed by atoms with E-state index in [2.05, 4.69) is 5.32 Å². The van der Waals surface area contributed by atoms with Crippen LogP contribution in [0.2, 0.25) is 0 Å². The number of hydrogen-bond acceptors (Lipinski definition) is 4. The fourth-order valence-corrected chi connectivity index (χ4v) is 1.49. The highest BCUT2D eigenvalue weighted by atomic mass is 16.5. The van der Waals surface area contributed by atoms with Gasteiger partial charge in [0, 0.05) is 6.54 Å². The Hall–Kier alpha value is -2.24. The Kier molecular flexibility index (Phi) is 6.02. The van der Waals surface area contributed by atoms with E-state index < -0.39 is 11.4 Å². The molecule has 1 aromatic rings. The van der Waals surface area contributed by atoms with Crippen molar-refractivity contribution in [2.24, 2.45) is 5.41 Å². The van der Waals surface area contributed by atoms with Gasteiger partial charge in [0.05, 0.1) is 12.5 Å². The Morgan fingerprint density at radius 3 is 2.29 bits per heavy atom. The second kappa shape index (κ2) is 7.52. The number of ether oxygens (including phenoxy) is 2. The zero-order chi connectivity index (χ0) is 15.9. The first kappa shape index (κ1) is 16.8. The van der Waals surface area contributed by atoms with Crippen molar-refractivity contribution in [1.82, 2.24) is 5.32 Å². The molecule has 0 fully saturated rings. The highest BCUT2D eigenvalue weighted by Gasteiger charge is 2.26. The van der Waals surface area contributed by atoms with Crippen LogP contribution in [0.3, 0.4) is 0 Å². The SMILES string of the molecule is COc1ccc(OCC(=O)NCCC(C)(C)C(=O)O)cc1. The van der Waals surface area contributed by atoms with E-state index in [4.69, 9.17) is 14.6 Å². The number of aliphatic carboxylic acids is 1. The van der Waals surface area contributed by atoms with Crippen molar-refractivity contribution in [1.29, 1.82) is 0 Å². The van der Waals surface area contributed by atoms with Crippen LogP contribution in [-0.4, -0.2) is 37.2 Å². The van der Waals surface area contributed by atoms with Gasteiger partial charge in [0.1, 0.15) is 11.5 Å². The number of hydrogen-bond donors (Lipinski definition) is 2. The third-order valence-electron chi connectivity index (χ3n) is 3.08. The van der Waals surface area contributed by atoms with Gasteiger partial charge < -0.3 is 19.9 Å². The first-order valence-electron chi connectivity index (χ1n) is 6.62. The Balaban J connectivity index is 2.29. The van der Waals surface area contributed by atoms with E-state index in [-0.39, 0.29) is 12.5 Å². The summed E-state index contributed by atoms with van der Waals surface area (Å²) in [6.07, 6.45) is 0.358. The summed E-state index contributed by atoms with van der Waals surface area (Å²) < 4.78 is 10.3. The van der Waals surface area contributed by atoms with E-state index in [1.165, 1.54) is 0 Å². The first-order valence-corrected chi connectivity index (χ1v) is 6.62. The quantitative estimate of drug-likeness (QED) is 0.762. The molecule has 0 saturated carbocycles. The van der Waals surface area contributed by atoms with E-state index in [1.807, 2.05) is 0 Å². The van der Waals surface area contributed by atoms with Crippen LogP contribution in [0.15, 0.2) is 24.3 Å². The molecule has 0 aromatic heterocycles. The molecule has 6 heteroatoms. The van der Waals surface area contributed by atoms with Crippen LogP contribution in [0, 0.1) is 5.41 Å². The van der Waals surface area contributed by atoms with Crippen LogP contribution in [0.5, 0.6) is 11.5 Å². The van der Waals surface area contributed by atoms with E-state index in [1.54, 1.807) is 45.2 Å². The number of carboxylic acids is 1. The molecule has 1 amide bonds. The summed E-state index contributed by atoms with van der Waals surface area (Å²) >= 11 is 0. The number of rotatable bonds is 8. The fourth-order valence-electron chi connectivity index (χ4n) is 1.49. The summed E-state index contributed by atoms with van der Waals surface area (Å²) in [5.41, 5.74) is -0.857. The third kappa shape index (κ3) is 5.72. The molecule has 21 heavy (non-hydrogen) atoms. The largest absolute Gasteiger partial charge is 0.497 e. The molecule has 1 aromatic carbocycles. The molecular formula is C15H21NO5. The predicted octanol–water partition coefficient (Wildman–Crippen LogP) is 1.69. The summed E-state index contributed by atoms with van der Waals surface area (Å²) in [6, 6.07) is 6.89. The number of amides is 1. The summed E-state index contributed by atoms with van der Waals surface area (Å²) in [5, 5.41) is 11.6. The summed E-state index contributed by atoms with van der Waals surface area (Å²) in [7, 11) is 1.57. The Labute approximate surface area is 124 Å². The maximum atomic E-state index is 11.6. The molecular weight excluding hydrogens is 274 g/mol. The number of methoxy groups -OCH3 is 1. The molecule has 0 aliphatic heterocycles. The predicted molar refractivity (Wildman–Crippen MR) is 77.5 cm³/mol. The minimum absolute atomic E-state index is 0.111. The van der Waals surface area contributed by atoms with E-state index in [9.17, 15) is 9.59 Å². The van der Waals surface area contributed by atoms with Crippen molar-refractivity contribution in [3.63, 3.8) is 0 Å². The van der Waals surface area contributed by atoms with Crippen molar-refractivity contribution in [2.45, 2.75) is 20.3 Å². The molecule has 0 saturated heterocycles. The van der Waals surface area contributed by atoms with Gasteiger partial charge in [-0.25, -0.2) is 0 Å². The van der Waals surface area contributed by atoms with Crippen LogP contribution in [0.25, 0.3) is 0 Å². The van der Waals surface area contributed by atoms with Crippen molar-refractivity contribution in [3.8, 4) is 11.5 Å². The van der Waals surface area contributed by atoms with Gasteiger partial charge in [-0.3, -0.25) is 9.59 Å². The molecule has 0 heterocycles. The summed E-state index contributed by atoms with van der Waals surface area (Å²) in [6.45, 7) is 3.43. The van der Waals surface area contributed by atoms with Crippen LogP contribution < -0.4 is 14.8 Å². The van der Waals surface area contributed by atoms with Crippen molar-refractivity contribution < 1.29 is 24.2 Å². The second-order valence-corrected chi connectivity index (χ2v) is 5.25. The van der Waals surface area contributed by atoms with Gasteiger partial charge in [0.25, 0.3) is 5.91 Å². The zero-order valence-electron chi connectivity index (χ0n) is 12.5. The van der Waals surface area contributed by atoms with Crippen molar-refractivity contribution in [3.05, 3.63) is 24.3 Å². The lowest BCUT2D eigenvalue weighted by Gasteiger charge is -2.18. The molecule has 0 bridgehead atoms. The molecule has 0 aliphatic rings. The summed E-state index contributed by atoms with van der Waals surface area (Å²) in [4.78, 5) is 22.5. The second-order valence-electron chi connectivity index (χ2n) is 5.25. The monoisotopic (exact) mass is 295 g/mol. The lowest BCUT2D eigenvalue weighted by Crippen LogP contribution is -2.34. The van der Waals surface area contributed by atoms with Gasteiger partial charge in [-0.05, 0) is 44.5 Å². The average Bonchev–Trinajstić information content (AvgIpc) is 2.45. The maximum absolute atomic E-state index is 11.6. The molecule has 116 valence electrons. The van der Waals surface area contributed by atoms with E-state index in [0.717, 1.165) is 0 Å². The normalized spacial score (nSPS) is 10.8. The van der Waals surface area contributed by atoms with Crippen molar-refractivity contribution in [2.75, 3.05) is 20.3 Å². The van der Waals surface area contributed by atoms with Crippen LogP contribution in [0.1, 0.15) is 20.3 Å². The standard InChI is InChI=1S/C15H21NO5/c1-15(2,14(18)19)8-9-16-13(17)10-21-12-6-4-11(20-3)5-7-12/h4-7H,8-10H2,1-3H3,(H,16,17)(H,18,19). The molecule has 0 spiro atoms. The third-order valence-corrected chi connectivity index (χ3v) is 3.08. The number of carbonyl (C=O) groups is 2. The zero-order valence-corrected chi connectivity index (χ0v) is 12.5. The number of carboxylic acid groups (broad SMARTS) is 1. The van der Waals surface area contributed by atoms with Crippen LogP contribution in [0.4, 0.5) is 0 Å². The topological polar surface area (TPSA) is 84.9 Å². The highest BCUT2D eigenvalue weighted by molar-refractivity contribution is 5.77. The number of benzene rings is 1. The minimum atomic E-state index is -0.883. The molecule has 0 aliphatic carbocycles. The van der Waals surface area contributed by atoms with Gasteiger partial charge in [0.2, 0.25) is 0 Å². The number of carbonyl (C=O) groups excluding carboxylic acids is 1. The molecule has 0 atom stereocenters. The maximum Gasteiger partial charge on any atom is 0.309 e. The van der Waals surface area contributed by atoms with Gasteiger partial charge in [-0.2, -0.15) is 0 Å². The Morgan fingerprint density at radius 2 is 1.76 bits per heavy atom. The van der Waals surface area contributed by atoms with Crippen LogP contribution >= 0.6 is 0 Å². The fraction of sp³-hybridized carbons (Fsp3) is 0.467. The van der Waals surface area contributed by atoms with Gasteiger partial charge in [0.15, 0.2) is 6.61 Å². The molecule has 2 N–H and O–H groups in total. The lowest BCUT2D eigenvalue weighted by molar-refractivity contribution is -0.147. The molecule has 0 radical (unpaired) electrons. The minimum Gasteiger partial charge on any atom is -0.497 e. The smallest absolute Gasteiger partial charge is 0.309 e. The highest BCUT2D eigenvalue weighted by Crippen LogP contribution is 2.19. The lowest BCUT2D eigenvalue weighted by atomic mass is 9.90. The Bertz CT molecular complexity index is 481. The molecule has 0 unspecified atom stereocenters. The van der Waals surface area contributed by atoms with Crippen LogP contribution in [-0.2, 0) is 9.59 Å². The van der Waals surface area contributed by atoms with E-state index >= 15 is 0 Å². The first-order chi connectivity index (χ1) is 9.85.